The summed E-state index contributed by atoms with van der Waals surface area (Å²) in [5, 5.41) is 0.502. The van der Waals surface area contributed by atoms with Crippen LogP contribution in [0.25, 0.3) is 0 Å². The third kappa shape index (κ3) is 2.87. The molecule has 15 heavy (non-hydrogen) atoms. The predicted molar refractivity (Wildman–Crippen MR) is 63.9 cm³/mol. The fourth-order valence-electron chi connectivity index (χ4n) is 1.42. The first-order valence-corrected chi connectivity index (χ1v) is 4.90. The van der Waals surface area contributed by atoms with E-state index in [-0.39, 0.29) is 12.4 Å². The van der Waals surface area contributed by atoms with Gasteiger partial charge in [-0.2, -0.15) is 0 Å². The Bertz CT molecular complexity index is 329. The molecule has 0 atom stereocenters. The highest BCUT2D eigenvalue weighted by molar-refractivity contribution is 6.32. The van der Waals surface area contributed by atoms with E-state index in [4.69, 9.17) is 22.1 Å². The number of ether oxygens (including phenoxy) is 1. The first kappa shape index (κ1) is 12.4. The van der Waals surface area contributed by atoms with Gasteiger partial charge in [-0.15, -0.1) is 12.4 Å². The second kappa shape index (κ2) is 5.39. The monoisotopic (exact) mass is 249 g/mol. The van der Waals surface area contributed by atoms with Crippen molar-refractivity contribution in [3.8, 4) is 0 Å². The van der Waals surface area contributed by atoms with Crippen LogP contribution in [0.1, 0.15) is 0 Å². The summed E-state index contributed by atoms with van der Waals surface area (Å²) in [6.07, 6.45) is 0. The zero-order chi connectivity index (χ0) is 9.97. The number of aromatic nitrogens is 1. The van der Waals surface area contributed by atoms with Gasteiger partial charge in [0.1, 0.15) is 11.6 Å². The van der Waals surface area contributed by atoms with Crippen LogP contribution in [-0.4, -0.2) is 31.3 Å². The van der Waals surface area contributed by atoms with E-state index in [1.807, 2.05) is 6.07 Å². The van der Waals surface area contributed by atoms with Crippen LogP contribution in [0.4, 0.5) is 11.6 Å². The lowest BCUT2D eigenvalue weighted by Gasteiger charge is -2.27. The zero-order valence-corrected chi connectivity index (χ0v) is 9.72. The summed E-state index contributed by atoms with van der Waals surface area (Å²) >= 11 is 5.79. The van der Waals surface area contributed by atoms with E-state index in [1.54, 1.807) is 6.07 Å². The molecule has 4 nitrogen and oxygen atoms in total. The summed E-state index contributed by atoms with van der Waals surface area (Å²) in [5.41, 5.74) is 5.63. The molecule has 0 radical (unpaired) electrons. The molecule has 2 heterocycles. The number of halogens is 2. The normalized spacial score (nSPS) is 15.9. The van der Waals surface area contributed by atoms with Crippen molar-refractivity contribution in [2.24, 2.45) is 0 Å². The number of morpholine rings is 1. The molecular weight excluding hydrogens is 237 g/mol. The van der Waals surface area contributed by atoms with E-state index < -0.39 is 0 Å². The highest BCUT2D eigenvalue weighted by Crippen LogP contribution is 2.21. The van der Waals surface area contributed by atoms with Gasteiger partial charge in [-0.1, -0.05) is 11.6 Å². The van der Waals surface area contributed by atoms with E-state index in [0.717, 1.165) is 32.1 Å². The summed E-state index contributed by atoms with van der Waals surface area (Å²) in [5.74, 6) is 1.26. The smallest absolute Gasteiger partial charge is 0.144 e. The van der Waals surface area contributed by atoms with Crippen LogP contribution in [0.15, 0.2) is 12.1 Å². The number of nitrogens with two attached hydrogens (primary N) is 1. The van der Waals surface area contributed by atoms with E-state index >= 15 is 0 Å². The summed E-state index contributed by atoms with van der Waals surface area (Å²) in [7, 11) is 0. The van der Waals surface area contributed by atoms with E-state index in [1.165, 1.54) is 0 Å². The van der Waals surface area contributed by atoms with Crippen molar-refractivity contribution >= 4 is 35.6 Å². The molecule has 1 aromatic heterocycles. The maximum absolute atomic E-state index is 5.79. The molecule has 0 amide bonds. The van der Waals surface area contributed by atoms with Gasteiger partial charge in [0.05, 0.1) is 18.2 Å². The molecular formula is C9H13Cl2N3O. The Morgan fingerprint density at radius 2 is 2.00 bits per heavy atom. The molecule has 1 aliphatic heterocycles. The van der Waals surface area contributed by atoms with Gasteiger partial charge in [-0.3, -0.25) is 0 Å². The molecule has 2 N–H and O–H groups in total. The summed E-state index contributed by atoms with van der Waals surface area (Å²) in [6.45, 7) is 3.19. The van der Waals surface area contributed by atoms with Crippen LogP contribution in [0.3, 0.4) is 0 Å². The van der Waals surface area contributed by atoms with Crippen LogP contribution >= 0.6 is 24.0 Å². The van der Waals surface area contributed by atoms with Gasteiger partial charge < -0.3 is 15.4 Å². The van der Waals surface area contributed by atoms with Gasteiger partial charge in [0.25, 0.3) is 0 Å². The second-order valence-corrected chi connectivity index (χ2v) is 3.54. The van der Waals surface area contributed by atoms with Crippen LogP contribution in [0, 0.1) is 0 Å². The molecule has 0 aliphatic carbocycles. The number of pyridine rings is 1. The van der Waals surface area contributed by atoms with Crippen LogP contribution in [-0.2, 0) is 4.74 Å². The Hall–Kier alpha value is -0.710. The van der Waals surface area contributed by atoms with Gasteiger partial charge in [-0.25, -0.2) is 4.98 Å². The zero-order valence-electron chi connectivity index (χ0n) is 8.15. The first-order valence-electron chi connectivity index (χ1n) is 4.52. The minimum absolute atomic E-state index is 0. The Balaban J connectivity index is 0.00000112. The molecule has 1 fully saturated rings. The maximum Gasteiger partial charge on any atom is 0.144 e. The Labute approximate surface area is 99.8 Å². The molecule has 0 saturated carbocycles. The second-order valence-electron chi connectivity index (χ2n) is 3.14. The Kier molecular flexibility index (Phi) is 4.45. The summed E-state index contributed by atoms with van der Waals surface area (Å²) in [6, 6.07) is 3.65. The highest BCUT2D eigenvalue weighted by Gasteiger charge is 2.12. The van der Waals surface area contributed by atoms with Gasteiger partial charge in [-0.05, 0) is 12.1 Å². The topological polar surface area (TPSA) is 51.4 Å². The minimum Gasteiger partial charge on any atom is -0.382 e. The largest absolute Gasteiger partial charge is 0.382 e. The van der Waals surface area contributed by atoms with E-state index in [2.05, 4.69) is 9.88 Å². The first-order chi connectivity index (χ1) is 6.77. The van der Waals surface area contributed by atoms with Gasteiger partial charge >= 0.3 is 0 Å². The molecule has 84 valence electrons. The van der Waals surface area contributed by atoms with Crippen molar-refractivity contribution in [1.29, 1.82) is 0 Å². The molecule has 1 saturated heterocycles. The summed E-state index contributed by atoms with van der Waals surface area (Å²) in [4.78, 5) is 6.35. The number of hydrogen-bond acceptors (Lipinski definition) is 4. The maximum atomic E-state index is 5.79. The average molecular weight is 250 g/mol. The molecule has 1 aliphatic rings. The van der Waals surface area contributed by atoms with Crippen molar-refractivity contribution in [3.05, 3.63) is 17.2 Å². The molecule has 6 heteroatoms. The number of nitrogen functional groups attached to an aromatic ring is 1. The minimum atomic E-state index is 0. The van der Waals surface area contributed by atoms with Crippen molar-refractivity contribution in [3.63, 3.8) is 0 Å². The average Bonchev–Trinajstić information content (AvgIpc) is 2.23. The lowest BCUT2D eigenvalue weighted by atomic mass is 10.3. The van der Waals surface area contributed by atoms with Crippen LogP contribution in [0.2, 0.25) is 5.02 Å². The van der Waals surface area contributed by atoms with Crippen molar-refractivity contribution in [2.45, 2.75) is 0 Å². The lowest BCUT2D eigenvalue weighted by Crippen LogP contribution is -2.36. The number of rotatable bonds is 1. The molecule has 0 spiro atoms. The number of nitrogens with zero attached hydrogens (tertiary/aromatic N) is 2. The van der Waals surface area contributed by atoms with Crippen molar-refractivity contribution in [2.75, 3.05) is 36.9 Å². The van der Waals surface area contributed by atoms with Gasteiger partial charge in [0, 0.05) is 13.1 Å². The molecule has 2 rings (SSSR count). The van der Waals surface area contributed by atoms with E-state index in [9.17, 15) is 0 Å². The Morgan fingerprint density at radius 3 is 2.60 bits per heavy atom. The quantitative estimate of drug-likeness (QED) is 0.822. The lowest BCUT2D eigenvalue weighted by molar-refractivity contribution is 0.122. The van der Waals surface area contributed by atoms with Crippen molar-refractivity contribution < 1.29 is 4.74 Å². The van der Waals surface area contributed by atoms with Crippen molar-refractivity contribution in [1.82, 2.24) is 4.98 Å². The molecule has 0 aromatic carbocycles. The number of hydrogen-bond donors (Lipinski definition) is 1. The molecule has 1 aromatic rings. The van der Waals surface area contributed by atoms with Gasteiger partial charge in [0.2, 0.25) is 0 Å². The SMILES string of the molecule is Cl.Nc1nc(N2CCOCC2)ccc1Cl. The Morgan fingerprint density at radius 1 is 1.33 bits per heavy atom. The third-order valence-corrected chi connectivity index (χ3v) is 2.51. The fraction of sp³-hybridized carbons (Fsp3) is 0.444. The number of anilines is 2. The molecule has 0 unspecified atom stereocenters. The van der Waals surface area contributed by atoms with Crippen LogP contribution < -0.4 is 10.6 Å². The van der Waals surface area contributed by atoms with Crippen LogP contribution in [0.5, 0.6) is 0 Å². The fourth-order valence-corrected chi connectivity index (χ4v) is 1.52. The third-order valence-electron chi connectivity index (χ3n) is 2.19. The standard InChI is InChI=1S/C9H12ClN3O.ClH/c10-7-1-2-8(12-9(7)11)13-3-5-14-6-4-13;/h1-2H,3-6H2,(H2,11,12);1H. The van der Waals surface area contributed by atoms with Gasteiger partial charge in [0.15, 0.2) is 0 Å². The van der Waals surface area contributed by atoms with E-state index in [0.29, 0.717) is 10.8 Å². The molecule has 0 bridgehead atoms. The highest BCUT2D eigenvalue weighted by atomic mass is 35.5. The predicted octanol–water partition coefficient (Wildman–Crippen LogP) is 1.58. The summed E-state index contributed by atoms with van der Waals surface area (Å²) < 4.78 is 5.25.